The van der Waals surface area contributed by atoms with E-state index >= 15 is 4.39 Å². The van der Waals surface area contributed by atoms with Crippen molar-refractivity contribution < 1.29 is 27.9 Å². The molecule has 2 atom stereocenters. The quantitative estimate of drug-likeness (QED) is 0.0560. The van der Waals surface area contributed by atoms with Crippen LogP contribution in [0.2, 0.25) is 0 Å². The zero-order valence-electron chi connectivity index (χ0n) is 46.8. The molecule has 8 heterocycles. The van der Waals surface area contributed by atoms with Crippen molar-refractivity contribution in [1.82, 2.24) is 55.2 Å². The number of piperidine rings is 2. The van der Waals surface area contributed by atoms with Gasteiger partial charge in [0.25, 0.3) is 11.8 Å². The van der Waals surface area contributed by atoms with E-state index in [-0.39, 0.29) is 35.0 Å². The average molecular weight is 1190 g/mol. The molecule has 436 valence electrons. The molecule has 20 nitrogen and oxygen atoms in total. The molecule has 12 rings (SSSR count). The minimum absolute atomic E-state index is 0.0250. The lowest BCUT2D eigenvalue weighted by atomic mass is 10.0. The summed E-state index contributed by atoms with van der Waals surface area (Å²) in [6.07, 6.45) is 17.3. The van der Waals surface area contributed by atoms with E-state index in [1.54, 1.807) is 80.6 Å². The van der Waals surface area contributed by atoms with Gasteiger partial charge in [-0.25, -0.2) is 23.5 Å². The number of thiazole rings is 2. The Balaban J connectivity index is 0.000000179. The maximum atomic E-state index is 15.3. The first-order valence-corrected chi connectivity index (χ1v) is 29.5. The topological polar surface area (TPSA) is 248 Å². The number of anilines is 4. The van der Waals surface area contributed by atoms with Crippen LogP contribution in [0.3, 0.4) is 0 Å². The number of aromatic amines is 2. The minimum atomic E-state index is -0.620. The third-order valence-electron chi connectivity index (χ3n) is 14.3. The van der Waals surface area contributed by atoms with E-state index in [1.807, 2.05) is 74.3 Å². The number of para-hydroxylation sites is 2. The van der Waals surface area contributed by atoms with Gasteiger partial charge in [0.05, 0.1) is 60.6 Å². The first-order valence-electron chi connectivity index (χ1n) is 27.7. The molecule has 6 aromatic heterocycles. The number of nitrogens with zero attached hydrogens (tertiary/aromatic N) is 10. The van der Waals surface area contributed by atoms with E-state index in [2.05, 4.69) is 74.7 Å². The SMILES string of the molecule is CC(C)(C)OC(=O)N[C@@H]1CCCN(c2c(F)cccc2NC(=O)c2csc(-c3cnn(Cc4ccccc4-c4cn[nH]c4)c3)n2)C1.N[C@@H]1CCCN(c2c(F)cccc2NC(=O)c2csc(-c3cnn(Cc4ccccc4-c4cn[nH]c4)c3)n2)C1. The van der Waals surface area contributed by atoms with Crippen LogP contribution in [0.1, 0.15) is 78.6 Å². The summed E-state index contributed by atoms with van der Waals surface area (Å²) in [6, 6.07) is 25.2. The van der Waals surface area contributed by atoms with Crippen LogP contribution in [0.4, 0.5) is 36.3 Å². The van der Waals surface area contributed by atoms with Gasteiger partial charge in [0.1, 0.15) is 38.6 Å². The Bertz CT molecular complexity index is 3930. The first kappa shape index (κ1) is 57.4. The highest BCUT2D eigenvalue weighted by Gasteiger charge is 2.29. The molecule has 2 aliphatic heterocycles. The molecule has 0 radical (unpaired) electrons. The van der Waals surface area contributed by atoms with Gasteiger partial charge in [-0.2, -0.15) is 20.4 Å². The van der Waals surface area contributed by atoms with Crippen LogP contribution in [-0.4, -0.2) is 112 Å². The van der Waals surface area contributed by atoms with Crippen molar-refractivity contribution in [3.63, 3.8) is 0 Å². The highest BCUT2D eigenvalue weighted by Crippen LogP contribution is 2.35. The van der Waals surface area contributed by atoms with E-state index in [0.717, 1.165) is 70.2 Å². The van der Waals surface area contributed by atoms with Gasteiger partial charge in [0.15, 0.2) is 0 Å². The molecule has 7 N–H and O–H groups in total. The van der Waals surface area contributed by atoms with Crippen molar-refractivity contribution in [1.29, 1.82) is 0 Å². The Kier molecular flexibility index (Phi) is 17.3. The summed E-state index contributed by atoms with van der Waals surface area (Å²) < 4.78 is 39.2. The molecule has 24 heteroatoms. The number of nitrogens with one attached hydrogen (secondary N) is 5. The number of amides is 3. The second-order valence-electron chi connectivity index (χ2n) is 21.7. The number of nitrogens with two attached hydrogens (primary N) is 1. The van der Waals surface area contributed by atoms with Gasteiger partial charge in [0.2, 0.25) is 0 Å². The number of alkyl carbamates (subject to hydrolysis) is 1. The van der Waals surface area contributed by atoms with Crippen LogP contribution in [-0.2, 0) is 17.8 Å². The number of H-pyrrole nitrogens is 2. The van der Waals surface area contributed by atoms with E-state index in [9.17, 15) is 18.8 Å². The highest BCUT2D eigenvalue weighted by atomic mass is 32.1. The molecule has 2 aliphatic rings. The molecule has 4 aromatic carbocycles. The molecule has 0 unspecified atom stereocenters. The zero-order chi connectivity index (χ0) is 59.0. The molecule has 0 aliphatic carbocycles. The second kappa shape index (κ2) is 25.6. The lowest BCUT2D eigenvalue weighted by Crippen LogP contribution is -2.49. The molecular weight excluding hydrogens is 1120 g/mol. The summed E-state index contributed by atoms with van der Waals surface area (Å²) in [4.78, 5) is 51.7. The summed E-state index contributed by atoms with van der Waals surface area (Å²) in [5, 5.41) is 36.2. The molecule has 3 amide bonds. The molecule has 2 saturated heterocycles. The summed E-state index contributed by atoms with van der Waals surface area (Å²) in [5.74, 6) is -1.69. The zero-order valence-corrected chi connectivity index (χ0v) is 48.5. The summed E-state index contributed by atoms with van der Waals surface area (Å²) in [7, 11) is 0. The lowest BCUT2D eigenvalue weighted by Gasteiger charge is -2.36. The number of halogens is 2. The van der Waals surface area contributed by atoms with Crippen molar-refractivity contribution in [2.45, 2.75) is 77.2 Å². The maximum absolute atomic E-state index is 15.3. The number of carbonyl (C=O) groups excluding carboxylic acids is 3. The predicted molar refractivity (Wildman–Crippen MR) is 326 cm³/mol. The van der Waals surface area contributed by atoms with Crippen molar-refractivity contribution in [3.8, 4) is 43.4 Å². The fourth-order valence-corrected chi connectivity index (χ4v) is 12.0. The monoisotopic (exact) mass is 1180 g/mol. The van der Waals surface area contributed by atoms with Crippen molar-refractivity contribution in [2.75, 3.05) is 46.6 Å². The van der Waals surface area contributed by atoms with Crippen molar-refractivity contribution >= 4 is 63.3 Å². The van der Waals surface area contributed by atoms with Gasteiger partial charge in [0, 0.05) is 96.1 Å². The molecule has 2 fully saturated rings. The van der Waals surface area contributed by atoms with E-state index in [1.165, 1.54) is 34.8 Å². The molecule has 0 bridgehead atoms. The fraction of sp³-hybridized carbons (Fsp3) is 0.262. The van der Waals surface area contributed by atoms with Gasteiger partial charge >= 0.3 is 6.09 Å². The highest BCUT2D eigenvalue weighted by molar-refractivity contribution is 7.13. The van der Waals surface area contributed by atoms with Crippen molar-refractivity contribution in [2.24, 2.45) is 5.73 Å². The number of rotatable bonds is 15. The molecule has 10 aromatic rings. The van der Waals surface area contributed by atoms with Crippen LogP contribution in [0.25, 0.3) is 43.4 Å². The number of aromatic nitrogens is 10. The standard InChI is InChI=1S/C33H35FN8O3S.C28H27FN8OS/c1-33(2,3)45-32(44)38-24-9-7-13-41(19-24)29-26(34)11-6-12-27(29)39-30(43)28-20-46-31(40-28)23-16-37-42(18-23)17-21-8-4-5-10-25(21)22-14-35-36-15-22;29-23-8-3-9-24(26(23)36-10-4-6-21(30)16-36)34-27(38)25-17-39-28(35-25)20-13-33-37(15-20)14-18-5-1-2-7-22(18)19-11-31-32-12-19/h4-6,8,10-12,14-16,18,20,24H,7,9,13,17,19H2,1-3H3,(H,35,36)(H,38,44)(H,39,43);1-3,5,7-9,11-13,15,17,21H,4,6,10,14,16,30H2,(H,31,32)(H,34,38)/t24-;21-/m11/s1. The summed E-state index contributed by atoms with van der Waals surface area (Å²) >= 11 is 2.69. The van der Waals surface area contributed by atoms with E-state index in [0.29, 0.717) is 66.3 Å². The van der Waals surface area contributed by atoms with Gasteiger partial charge in [-0.15, -0.1) is 22.7 Å². The fourth-order valence-electron chi connectivity index (χ4n) is 10.4. The number of carbonyl (C=O) groups is 3. The van der Waals surface area contributed by atoms with Gasteiger partial charge in [-0.3, -0.25) is 29.2 Å². The number of ether oxygens (including phenoxy) is 1. The normalized spacial score (nSPS) is 15.2. The molecule has 0 spiro atoms. The Morgan fingerprint density at radius 3 is 1.62 bits per heavy atom. The number of benzene rings is 4. The van der Waals surface area contributed by atoms with Crippen LogP contribution in [0.5, 0.6) is 0 Å². The molecule has 85 heavy (non-hydrogen) atoms. The Hall–Kier alpha value is -9.39. The Morgan fingerprint density at radius 2 is 1.14 bits per heavy atom. The van der Waals surface area contributed by atoms with Gasteiger partial charge < -0.3 is 36.2 Å². The summed E-state index contributed by atoms with van der Waals surface area (Å²) in [5.41, 5.74) is 15.3. The minimum Gasteiger partial charge on any atom is -0.444 e. The third kappa shape index (κ3) is 14.0. The lowest BCUT2D eigenvalue weighted by molar-refractivity contribution is 0.0499. The molecule has 0 saturated carbocycles. The number of hydrogen-bond donors (Lipinski definition) is 6. The summed E-state index contributed by atoms with van der Waals surface area (Å²) in [6.45, 7) is 8.71. The predicted octanol–water partition coefficient (Wildman–Crippen LogP) is 11.1. The van der Waals surface area contributed by atoms with Crippen LogP contribution < -0.4 is 31.5 Å². The maximum Gasteiger partial charge on any atom is 0.407 e. The van der Waals surface area contributed by atoms with Gasteiger partial charge in [-0.05, 0) is 93.0 Å². The van der Waals surface area contributed by atoms with Gasteiger partial charge in [-0.1, -0.05) is 60.7 Å². The van der Waals surface area contributed by atoms with Crippen LogP contribution in [0, 0.1) is 11.6 Å². The largest absolute Gasteiger partial charge is 0.444 e. The Morgan fingerprint density at radius 1 is 0.647 bits per heavy atom. The van der Waals surface area contributed by atoms with Crippen LogP contribution >= 0.6 is 22.7 Å². The van der Waals surface area contributed by atoms with E-state index < -0.39 is 29.3 Å². The average Bonchev–Trinajstić information content (AvgIpc) is 4.54. The van der Waals surface area contributed by atoms with Crippen LogP contribution in [0.15, 0.2) is 145 Å². The smallest absolute Gasteiger partial charge is 0.407 e. The second-order valence-corrected chi connectivity index (χ2v) is 23.4. The van der Waals surface area contributed by atoms with E-state index in [4.69, 9.17) is 10.5 Å². The number of hydrogen-bond acceptors (Lipinski definition) is 15. The molecular formula is C61H62F2N16O4S2. The third-order valence-corrected chi connectivity index (χ3v) is 16.0. The first-order chi connectivity index (χ1) is 41.2. The van der Waals surface area contributed by atoms with Crippen molar-refractivity contribution in [3.05, 3.63) is 179 Å². The Labute approximate surface area is 496 Å².